The standard InChI is InChI=1S/C10H18N2O3/c1-4-7-12(3)10(15)11-8(2)5-6-9(13)14/h4,8H,1,5-7H2,2-3H3,(H,11,15)(H,13,14). The molecule has 5 nitrogen and oxygen atoms in total. The first-order valence-electron chi connectivity index (χ1n) is 4.81. The summed E-state index contributed by atoms with van der Waals surface area (Å²) in [6, 6.07) is -0.353. The van der Waals surface area contributed by atoms with Gasteiger partial charge in [0.15, 0.2) is 0 Å². The van der Waals surface area contributed by atoms with E-state index in [9.17, 15) is 9.59 Å². The van der Waals surface area contributed by atoms with Gasteiger partial charge in [0.1, 0.15) is 0 Å². The van der Waals surface area contributed by atoms with E-state index in [0.29, 0.717) is 13.0 Å². The summed E-state index contributed by atoms with van der Waals surface area (Å²) in [5, 5.41) is 11.1. The number of carboxylic acid groups (broad SMARTS) is 1. The molecule has 0 spiro atoms. The highest BCUT2D eigenvalue weighted by atomic mass is 16.4. The summed E-state index contributed by atoms with van der Waals surface area (Å²) in [7, 11) is 1.65. The van der Waals surface area contributed by atoms with E-state index in [1.807, 2.05) is 0 Å². The molecule has 0 aliphatic carbocycles. The fourth-order valence-electron chi connectivity index (χ4n) is 1.01. The molecular weight excluding hydrogens is 196 g/mol. The molecule has 0 aliphatic rings. The van der Waals surface area contributed by atoms with E-state index >= 15 is 0 Å². The molecule has 86 valence electrons. The van der Waals surface area contributed by atoms with Crippen molar-refractivity contribution in [3.8, 4) is 0 Å². The maximum absolute atomic E-state index is 11.4. The number of rotatable bonds is 6. The molecule has 5 heteroatoms. The van der Waals surface area contributed by atoms with E-state index < -0.39 is 5.97 Å². The van der Waals surface area contributed by atoms with Crippen LogP contribution in [0.5, 0.6) is 0 Å². The zero-order valence-electron chi connectivity index (χ0n) is 9.19. The van der Waals surface area contributed by atoms with E-state index in [1.165, 1.54) is 4.90 Å². The van der Waals surface area contributed by atoms with E-state index in [2.05, 4.69) is 11.9 Å². The second-order valence-electron chi connectivity index (χ2n) is 3.45. The monoisotopic (exact) mass is 214 g/mol. The highest BCUT2D eigenvalue weighted by molar-refractivity contribution is 5.74. The van der Waals surface area contributed by atoms with Gasteiger partial charge in [0.25, 0.3) is 0 Å². The van der Waals surface area contributed by atoms with Crippen molar-refractivity contribution >= 4 is 12.0 Å². The van der Waals surface area contributed by atoms with Crippen LogP contribution in [0.2, 0.25) is 0 Å². The summed E-state index contributed by atoms with van der Waals surface area (Å²) in [4.78, 5) is 23.2. The molecule has 0 rings (SSSR count). The Morgan fingerprint density at radius 2 is 2.20 bits per heavy atom. The van der Waals surface area contributed by atoms with E-state index in [-0.39, 0.29) is 18.5 Å². The first-order chi connectivity index (χ1) is 6.97. The van der Waals surface area contributed by atoms with Gasteiger partial charge in [-0.2, -0.15) is 0 Å². The molecular formula is C10H18N2O3. The van der Waals surface area contributed by atoms with Crippen molar-refractivity contribution in [3.63, 3.8) is 0 Å². The maximum atomic E-state index is 11.4. The first kappa shape index (κ1) is 13.5. The summed E-state index contributed by atoms with van der Waals surface area (Å²) >= 11 is 0. The molecule has 1 unspecified atom stereocenters. The quantitative estimate of drug-likeness (QED) is 0.650. The second kappa shape index (κ2) is 6.86. The van der Waals surface area contributed by atoms with Gasteiger partial charge < -0.3 is 15.3 Å². The summed E-state index contributed by atoms with van der Waals surface area (Å²) in [5.74, 6) is -0.851. The fraction of sp³-hybridized carbons (Fsp3) is 0.600. The van der Waals surface area contributed by atoms with Crippen molar-refractivity contribution < 1.29 is 14.7 Å². The van der Waals surface area contributed by atoms with Crippen LogP contribution in [0.4, 0.5) is 4.79 Å². The summed E-state index contributed by atoms with van der Waals surface area (Å²) in [6.07, 6.45) is 2.12. The van der Waals surface area contributed by atoms with Crippen molar-refractivity contribution in [1.29, 1.82) is 0 Å². The van der Waals surface area contributed by atoms with Gasteiger partial charge >= 0.3 is 12.0 Å². The summed E-state index contributed by atoms with van der Waals surface area (Å²) in [6.45, 7) is 5.77. The van der Waals surface area contributed by atoms with Gasteiger partial charge in [0.05, 0.1) is 0 Å². The minimum Gasteiger partial charge on any atom is -0.481 e. The molecule has 0 radical (unpaired) electrons. The first-order valence-corrected chi connectivity index (χ1v) is 4.81. The predicted molar refractivity (Wildman–Crippen MR) is 57.7 cm³/mol. The van der Waals surface area contributed by atoms with Crippen LogP contribution in [-0.2, 0) is 4.79 Å². The minimum absolute atomic E-state index is 0.0621. The second-order valence-corrected chi connectivity index (χ2v) is 3.45. The molecule has 0 aromatic carbocycles. The molecule has 0 bridgehead atoms. The van der Waals surface area contributed by atoms with Gasteiger partial charge in [-0.05, 0) is 13.3 Å². The van der Waals surface area contributed by atoms with Crippen LogP contribution in [0.1, 0.15) is 19.8 Å². The van der Waals surface area contributed by atoms with Crippen molar-refractivity contribution in [2.75, 3.05) is 13.6 Å². The predicted octanol–water partition coefficient (Wildman–Crippen LogP) is 1.07. The van der Waals surface area contributed by atoms with E-state index in [4.69, 9.17) is 5.11 Å². The number of carboxylic acids is 1. The van der Waals surface area contributed by atoms with Gasteiger partial charge in [-0.1, -0.05) is 6.08 Å². The average molecular weight is 214 g/mol. The Bertz CT molecular complexity index is 241. The zero-order valence-corrected chi connectivity index (χ0v) is 9.19. The third-order valence-corrected chi connectivity index (χ3v) is 1.91. The molecule has 0 aromatic rings. The molecule has 0 aliphatic heterocycles. The average Bonchev–Trinajstić information content (AvgIpc) is 2.15. The maximum Gasteiger partial charge on any atom is 0.317 e. The van der Waals surface area contributed by atoms with Crippen LogP contribution in [0.15, 0.2) is 12.7 Å². The Labute approximate surface area is 89.8 Å². The summed E-state index contributed by atoms with van der Waals surface area (Å²) < 4.78 is 0. The van der Waals surface area contributed by atoms with Gasteiger partial charge in [0.2, 0.25) is 0 Å². The van der Waals surface area contributed by atoms with Crippen LogP contribution in [-0.4, -0.2) is 41.6 Å². The highest BCUT2D eigenvalue weighted by Crippen LogP contribution is 1.97. The summed E-state index contributed by atoms with van der Waals surface area (Å²) in [5.41, 5.74) is 0. The normalized spacial score (nSPS) is 11.6. The Kier molecular flexibility index (Phi) is 6.17. The number of aliphatic carboxylic acids is 1. The number of amides is 2. The van der Waals surface area contributed by atoms with Gasteiger partial charge in [-0.3, -0.25) is 4.79 Å². The topological polar surface area (TPSA) is 69.6 Å². The van der Waals surface area contributed by atoms with Crippen LogP contribution in [0.3, 0.4) is 0 Å². The number of urea groups is 1. The molecule has 0 fully saturated rings. The molecule has 1 atom stereocenters. The van der Waals surface area contributed by atoms with Crippen LogP contribution in [0, 0.1) is 0 Å². The fourth-order valence-corrected chi connectivity index (χ4v) is 1.01. The lowest BCUT2D eigenvalue weighted by molar-refractivity contribution is -0.137. The lowest BCUT2D eigenvalue weighted by atomic mass is 10.2. The van der Waals surface area contributed by atoms with Gasteiger partial charge in [-0.15, -0.1) is 6.58 Å². The molecule has 2 amide bonds. The van der Waals surface area contributed by atoms with Crippen LogP contribution < -0.4 is 5.32 Å². The van der Waals surface area contributed by atoms with Crippen molar-refractivity contribution in [2.24, 2.45) is 0 Å². The number of nitrogens with one attached hydrogen (secondary N) is 1. The molecule has 0 saturated heterocycles. The van der Waals surface area contributed by atoms with Crippen LogP contribution >= 0.6 is 0 Å². The minimum atomic E-state index is -0.851. The highest BCUT2D eigenvalue weighted by Gasteiger charge is 2.11. The molecule has 0 aromatic heterocycles. The number of hydrogen-bond donors (Lipinski definition) is 2. The third-order valence-electron chi connectivity index (χ3n) is 1.91. The number of carbonyl (C=O) groups excluding carboxylic acids is 1. The number of nitrogens with zero attached hydrogens (tertiary/aromatic N) is 1. The number of likely N-dealkylation sites (N-methyl/N-ethyl adjacent to an activating group) is 1. The van der Waals surface area contributed by atoms with Gasteiger partial charge in [-0.25, -0.2) is 4.79 Å². The Morgan fingerprint density at radius 3 is 2.67 bits per heavy atom. The van der Waals surface area contributed by atoms with Crippen molar-refractivity contribution in [3.05, 3.63) is 12.7 Å². The molecule has 2 N–H and O–H groups in total. The molecule has 0 saturated carbocycles. The van der Waals surface area contributed by atoms with Crippen molar-refractivity contribution in [2.45, 2.75) is 25.8 Å². The lowest BCUT2D eigenvalue weighted by Gasteiger charge is -2.19. The Hall–Kier alpha value is -1.52. The third kappa shape index (κ3) is 6.54. The largest absolute Gasteiger partial charge is 0.481 e. The smallest absolute Gasteiger partial charge is 0.317 e. The number of carbonyl (C=O) groups is 2. The Balaban J connectivity index is 3.84. The molecule has 0 heterocycles. The zero-order chi connectivity index (χ0) is 11.8. The van der Waals surface area contributed by atoms with E-state index in [1.54, 1.807) is 20.0 Å². The van der Waals surface area contributed by atoms with Crippen molar-refractivity contribution in [1.82, 2.24) is 10.2 Å². The lowest BCUT2D eigenvalue weighted by Crippen LogP contribution is -2.42. The molecule has 15 heavy (non-hydrogen) atoms. The number of hydrogen-bond acceptors (Lipinski definition) is 2. The van der Waals surface area contributed by atoms with Crippen LogP contribution in [0.25, 0.3) is 0 Å². The SMILES string of the molecule is C=CCN(C)C(=O)NC(C)CCC(=O)O. The van der Waals surface area contributed by atoms with E-state index in [0.717, 1.165) is 0 Å². The Morgan fingerprint density at radius 1 is 1.60 bits per heavy atom. The van der Waals surface area contributed by atoms with Gasteiger partial charge in [0, 0.05) is 26.1 Å².